The monoisotopic (exact) mass is 355 g/mol. The number of hydrogen-bond acceptors (Lipinski definition) is 4. The van der Waals surface area contributed by atoms with Crippen molar-refractivity contribution < 1.29 is 14.1 Å². The Hall–Kier alpha value is -2.12. The highest BCUT2D eigenvalue weighted by atomic mass is 16.7. The lowest BCUT2D eigenvalue weighted by Crippen LogP contribution is -2.41. The molecule has 3 rings (SSSR count). The molecule has 1 aromatic heterocycles. The normalized spacial score (nSPS) is 18.2. The van der Waals surface area contributed by atoms with Crippen molar-refractivity contribution in [3.05, 3.63) is 30.0 Å². The van der Waals surface area contributed by atoms with Crippen molar-refractivity contribution in [2.75, 3.05) is 11.9 Å². The Morgan fingerprint density at radius 1 is 1.15 bits per heavy atom. The zero-order valence-electron chi connectivity index (χ0n) is 16.3. The van der Waals surface area contributed by atoms with E-state index in [1.54, 1.807) is 6.20 Å². The number of fused-ring (bicyclic) bond motifs is 1. The van der Waals surface area contributed by atoms with Crippen molar-refractivity contribution in [1.82, 2.24) is 10.3 Å². The molecule has 0 aliphatic carbocycles. The summed E-state index contributed by atoms with van der Waals surface area (Å²) in [5.41, 5.74) is 1.22. The second-order valence-corrected chi connectivity index (χ2v) is 7.66. The van der Waals surface area contributed by atoms with Crippen LogP contribution in [0.2, 0.25) is 0 Å². The fourth-order valence-electron chi connectivity index (χ4n) is 2.97. The summed E-state index contributed by atoms with van der Waals surface area (Å²) in [6.45, 7) is 12.6. The molecule has 6 nitrogen and oxygen atoms in total. The Labute approximate surface area is 154 Å². The van der Waals surface area contributed by atoms with Crippen molar-refractivity contribution >= 4 is 35.2 Å². The second kappa shape index (κ2) is 6.56. The van der Waals surface area contributed by atoms with Crippen LogP contribution in [0.15, 0.2) is 24.4 Å². The third kappa shape index (κ3) is 3.29. The number of urea groups is 1. The van der Waals surface area contributed by atoms with Gasteiger partial charge in [0.25, 0.3) is 0 Å². The molecule has 2 aromatic rings. The van der Waals surface area contributed by atoms with Crippen LogP contribution in [0.4, 0.5) is 10.6 Å². The van der Waals surface area contributed by atoms with Crippen LogP contribution in [-0.2, 0) is 9.31 Å². The smallest absolute Gasteiger partial charge is 0.399 e. The van der Waals surface area contributed by atoms with Crippen LogP contribution in [-0.4, -0.2) is 35.9 Å². The topological polar surface area (TPSA) is 72.5 Å². The molecule has 0 saturated carbocycles. The largest absolute Gasteiger partial charge is 0.495 e. The molecule has 0 unspecified atom stereocenters. The van der Waals surface area contributed by atoms with Crippen LogP contribution in [0.5, 0.6) is 0 Å². The molecule has 2 heterocycles. The molecule has 26 heavy (non-hydrogen) atoms. The van der Waals surface area contributed by atoms with E-state index in [9.17, 15) is 4.79 Å². The minimum Gasteiger partial charge on any atom is -0.399 e. The van der Waals surface area contributed by atoms with Gasteiger partial charge < -0.3 is 14.6 Å². The number of nitrogens with zero attached hydrogens (tertiary/aromatic N) is 1. The van der Waals surface area contributed by atoms with E-state index in [0.717, 1.165) is 21.8 Å². The van der Waals surface area contributed by atoms with Gasteiger partial charge in [-0.25, -0.2) is 9.78 Å². The van der Waals surface area contributed by atoms with Crippen molar-refractivity contribution in [2.24, 2.45) is 0 Å². The number of nitrogens with one attached hydrogen (secondary N) is 2. The quantitative estimate of drug-likeness (QED) is 0.831. The van der Waals surface area contributed by atoms with E-state index >= 15 is 0 Å². The number of aromatic nitrogens is 1. The maximum Gasteiger partial charge on any atom is 0.495 e. The van der Waals surface area contributed by atoms with Crippen LogP contribution < -0.4 is 16.1 Å². The van der Waals surface area contributed by atoms with Gasteiger partial charge in [0.2, 0.25) is 0 Å². The molecule has 1 saturated heterocycles. The van der Waals surface area contributed by atoms with Gasteiger partial charge in [-0.3, -0.25) is 5.32 Å². The minimum absolute atomic E-state index is 0.274. The minimum atomic E-state index is -0.470. The number of benzene rings is 1. The van der Waals surface area contributed by atoms with Crippen molar-refractivity contribution in [1.29, 1.82) is 0 Å². The summed E-state index contributed by atoms with van der Waals surface area (Å²) >= 11 is 0. The highest BCUT2D eigenvalue weighted by molar-refractivity contribution is 6.65. The average molecular weight is 355 g/mol. The van der Waals surface area contributed by atoms with Crippen molar-refractivity contribution in [3.8, 4) is 0 Å². The van der Waals surface area contributed by atoms with Gasteiger partial charge in [-0.1, -0.05) is 12.1 Å². The van der Waals surface area contributed by atoms with E-state index in [0.29, 0.717) is 12.4 Å². The fraction of sp³-hybridized carbons (Fsp3) is 0.474. The first-order valence-corrected chi connectivity index (χ1v) is 8.94. The second-order valence-electron chi connectivity index (χ2n) is 7.66. The van der Waals surface area contributed by atoms with Gasteiger partial charge in [-0.05, 0) is 64.0 Å². The summed E-state index contributed by atoms with van der Waals surface area (Å²) in [7, 11) is -0.470. The molecular weight excluding hydrogens is 329 g/mol. The Morgan fingerprint density at radius 2 is 1.81 bits per heavy atom. The molecule has 1 aromatic carbocycles. The number of amides is 2. The first-order valence-electron chi connectivity index (χ1n) is 8.94. The molecule has 1 aliphatic heterocycles. The van der Waals surface area contributed by atoms with Crippen LogP contribution in [0.25, 0.3) is 10.8 Å². The van der Waals surface area contributed by atoms with Crippen molar-refractivity contribution in [3.63, 3.8) is 0 Å². The van der Waals surface area contributed by atoms with E-state index in [4.69, 9.17) is 9.31 Å². The number of aryl methyl sites for hydroxylation is 1. The summed E-state index contributed by atoms with van der Waals surface area (Å²) in [5, 5.41) is 7.44. The summed E-state index contributed by atoms with van der Waals surface area (Å²) in [5.74, 6) is 0.492. The summed E-state index contributed by atoms with van der Waals surface area (Å²) in [6.07, 6.45) is 1.78. The molecule has 0 radical (unpaired) electrons. The third-order valence-corrected chi connectivity index (χ3v) is 5.24. The Morgan fingerprint density at radius 3 is 2.42 bits per heavy atom. The van der Waals surface area contributed by atoms with E-state index in [1.807, 2.05) is 59.7 Å². The standard InChI is InChI=1S/C19H26BN3O3/c1-7-21-17(24)23-16-10-13-14(11-22-16)12(2)8-9-15(13)20-25-18(3,4)19(5,6)26-20/h8-11H,7H2,1-6H3,(H2,21,22,23,24). The van der Waals surface area contributed by atoms with Crippen LogP contribution in [0.1, 0.15) is 40.2 Å². The molecule has 0 bridgehead atoms. The number of carbonyl (C=O) groups excluding carboxylic acids is 1. The van der Waals surface area contributed by atoms with E-state index < -0.39 is 18.3 Å². The van der Waals surface area contributed by atoms with Gasteiger partial charge in [0.1, 0.15) is 5.82 Å². The highest BCUT2D eigenvalue weighted by Gasteiger charge is 2.52. The van der Waals surface area contributed by atoms with Gasteiger partial charge in [0.05, 0.1) is 11.2 Å². The van der Waals surface area contributed by atoms with Gasteiger partial charge in [-0.15, -0.1) is 0 Å². The first kappa shape index (κ1) is 18.7. The maximum atomic E-state index is 11.8. The Balaban J connectivity index is 2.03. The zero-order chi connectivity index (χ0) is 19.1. The van der Waals surface area contributed by atoms with Crippen LogP contribution in [0, 0.1) is 6.92 Å². The Bertz CT molecular complexity index is 835. The SMILES string of the molecule is CCNC(=O)Nc1cc2c(B3OC(C)(C)C(C)(C)O3)ccc(C)c2cn1. The molecule has 7 heteroatoms. The number of carbonyl (C=O) groups is 1. The summed E-state index contributed by atoms with van der Waals surface area (Å²) in [4.78, 5) is 16.2. The van der Waals surface area contributed by atoms with E-state index in [1.165, 1.54) is 0 Å². The lowest BCUT2D eigenvalue weighted by atomic mass is 9.75. The predicted molar refractivity (Wildman–Crippen MR) is 105 cm³/mol. The number of hydrogen-bond donors (Lipinski definition) is 2. The molecule has 0 spiro atoms. The van der Waals surface area contributed by atoms with Gasteiger partial charge >= 0.3 is 13.1 Å². The van der Waals surface area contributed by atoms with E-state index in [-0.39, 0.29) is 6.03 Å². The molecule has 0 atom stereocenters. The lowest BCUT2D eigenvalue weighted by Gasteiger charge is -2.32. The zero-order valence-corrected chi connectivity index (χ0v) is 16.3. The predicted octanol–water partition coefficient (Wildman–Crippen LogP) is 2.98. The third-order valence-electron chi connectivity index (χ3n) is 5.24. The molecule has 2 N–H and O–H groups in total. The van der Waals surface area contributed by atoms with Gasteiger partial charge in [-0.2, -0.15) is 0 Å². The van der Waals surface area contributed by atoms with Gasteiger partial charge in [0, 0.05) is 18.1 Å². The van der Waals surface area contributed by atoms with Crippen LogP contribution >= 0.6 is 0 Å². The Kier molecular flexibility index (Phi) is 4.71. The number of rotatable bonds is 3. The maximum absolute atomic E-state index is 11.8. The molecular formula is C19H26BN3O3. The number of pyridine rings is 1. The molecule has 1 fully saturated rings. The van der Waals surface area contributed by atoms with E-state index in [2.05, 4.69) is 15.6 Å². The lowest BCUT2D eigenvalue weighted by molar-refractivity contribution is 0.00578. The van der Waals surface area contributed by atoms with Crippen molar-refractivity contribution in [2.45, 2.75) is 52.7 Å². The summed E-state index contributed by atoms with van der Waals surface area (Å²) < 4.78 is 12.4. The summed E-state index contributed by atoms with van der Waals surface area (Å²) in [6, 6.07) is 5.67. The molecule has 138 valence electrons. The van der Waals surface area contributed by atoms with Gasteiger partial charge in [0.15, 0.2) is 0 Å². The first-order chi connectivity index (χ1) is 12.1. The molecule has 2 amide bonds. The van der Waals surface area contributed by atoms with Crippen LogP contribution in [0.3, 0.4) is 0 Å². The fourth-order valence-corrected chi connectivity index (χ4v) is 2.97. The highest BCUT2D eigenvalue weighted by Crippen LogP contribution is 2.37. The number of anilines is 1. The average Bonchev–Trinajstić information content (AvgIpc) is 2.75. The molecule has 1 aliphatic rings.